The summed E-state index contributed by atoms with van der Waals surface area (Å²) in [6.45, 7) is 2.67. The summed E-state index contributed by atoms with van der Waals surface area (Å²) >= 11 is 0. The number of benzene rings is 3. The predicted molar refractivity (Wildman–Crippen MR) is 119 cm³/mol. The first-order valence-corrected chi connectivity index (χ1v) is 11.8. The Balaban J connectivity index is 1.73. The zero-order valence-electron chi connectivity index (χ0n) is 17.7. The Morgan fingerprint density at radius 1 is 0.935 bits per heavy atom. The van der Waals surface area contributed by atoms with Crippen LogP contribution in [0.25, 0.3) is 0 Å². The van der Waals surface area contributed by atoms with E-state index in [-0.39, 0.29) is 17.7 Å². The quantitative estimate of drug-likeness (QED) is 0.555. The smallest absolute Gasteiger partial charge is 0.243 e. The van der Waals surface area contributed by atoms with Crippen molar-refractivity contribution in [2.75, 3.05) is 20.2 Å². The van der Waals surface area contributed by atoms with Crippen LogP contribution in [0.2, 0.25) is 0 Å². The van der Waals surface area contributed by atoms with E-state index in [1.54, 1.807) is 35.7 Å². The molecule has 1 aliphatic rings. The molecule has 1 aliphatic heterocycles. The van der Waals surface area contributed by atoms with Gasteiger partial charge in [0.1, 0.15) is 11.6 Å². The minimum atomic E-state index is -3.62. The maximum absolute atomic E-state index is 13.5. The minimum absolute atomic E-state index is 0.0568. The van der Waals surface area contributed by atoms with E-state index in [0.717, 1.165) is 22.4 Å². The van der Waals surface area contributed by atoms with Gasteiger partial charge in [-0.25, -0.2) is 12.8 Å². The van der Waals surface area contributed by atoms with Gasteiger partial charge in [0.05, 0.1) is 12.0 Å². The van der Waals surface area contributed by atoms with E-state index >= 15 is 0 Å². The second-order valence-corrected chi connectivity index (χ2v) is 9.91. The standard InChI is InChI=1S/C25H26FNO3S/c1-18-7-13-21(14-8-18)31(28,29)27-16-15-22(19-9-11-20(26)12-10-19)24(17-27)23-5-3-4-6-25(23)30-2/h3-14,22,24H,15-17H2,1-2H3/t22-,24-/m0/s1. The van der Waals surface area contributed by atoms with Crippen molar-refractivity contribution in [3.8, 4) is 5.75 Å². The number of aryl methyl sites for hydroxylation is 1. The van der Waals surface area contributed by atoms with Crippen molar-refractivity contribution in [3.63, 3.8) is 0 Å². The van der Waals surface area contributed by atoms with Gasteiger partial charge < -0.3 is 4.74 Å². The molecule has 3 aromatic carbocycles. The van der Waals surface area contributed by atoms with Crippen LogP contribution in [0.1, 0.15) is 34.9 Å². The number of methoxy groups -OCH3 is 1. The summed E-state index contributed by atoms with van der Waals surface area (Å²) in [4.78, 5) is 0.303. The number of nitrogens with zero attached hydrogens (tertiary/aromatic N) is 1. The summed E-state index contributed by atoms with van der Waals surface area (Å²) in [5.41, 5.74) is 2.98. The highest BCUT2D eigenvalue weighted by Crippen LogP contribution is 2.43. The Hall–Kier alpha value is -2.70. The Morgan fingerprint density at radius 2 is 1.61 bits per heavy atom. The molecular formula is C25H26FNO3S. The molecule has 1 fully saturated rings. The third kappa shape index (κ3) is 4.36. The predicted octanol–water partition coefficient (Wildman–Crippen LogP) is 5.10. The number of para-hydroxylation sites is 1. The maximum atomic E-state index is 13.5. The Bertz CT molecular complexity index is 1140. The topological polar surface area (TPSA) is 46.6 Å². The maximum Gasteiger partial charge on any atom is 0.243 e. The molecule has 0 bridgehead atoms. The van der Waals surface area contributed by atoms with Crippen LogP contribution >= 0.6 is 0 Å². The van der Waals surface area contributed by atoms with E-state index in [0.29, 0.717) is 24.4 Å². The lowest BCUT2D eigenvalue weighted by atomic mass is 9.77. The number of hydrogen-bond donors (Lipinski definition) is 0. The summed E-state index contributed by atoms with van der Waals surface area (Å²) in [6.07, 6.45) is 0.638. The summed E-state index contributed by atoms with van der Waals surface area (Å²) in [5, 5.41) is 0. The molecule has 1 heterocycles. The van der Waals surface area contributed by atoms with Crippen LogP contribution in [-0.2, 0) is 10.0 Å². The number of rotatable bonds is 5. The molecule has 6 heteroatoms. The van der Waals surface area contributed by atoms with Gasteiger partial charge >= 0.3 is 0 Å². The van der Waals surface area contributed by atoms with Crippen molar-refractivity contribution in [1.29, 1.82) is 0 Å². The number of sulfonamides is 1. The van der Waals surface area contributed by atoms with Crippen LogP contribution in [0.15, 0.2) is 77.7 Å². The second kappa shape index (κ2) is 8.81. The van der Waals surface area contributed by atoms with Gasteiger partial charge in [0.2, 0.25) is 10.0 Å². The molecule has 0 radical (unpaired) electrons. The molecule has 0 unspecified atom stereocenters. The van der Waals surface area contributed by atoms with Crippen LogP contribution in [0.3, 0.4) is 0 Å². The minimum Gasteiger partial charge on any atom is -0.496 e. The van der Waals surface area contributed by atoms with Crippen LogP contribution in [0.4, 0.5) is 4.39 Å². The largest absolute Gasteiger partial charge is 0.496 e. The fourth-order valence-electron chi connectivity index (χ4n) is 4.40. The lowest BCUT2D eigenvalue weighted by Gasteiger charge is -2.39. The molecule has 4 nitrogen and oxygen atoms in total. The van der Waals surface area contributed by atoms with Crippen LogP contribution in [0, 0.1) is 12.7 Å². The number of ether oxygens (including phenoxy) is 1. The second-order valence-electron chi connectivity index (χ2n) is 7.97. The van der Waals surface area contributed by atoms with E-state index < -0.39 is 10.0 Å². The zero-order valence-corrected chi connectivity index (χ0v) is 18.5. The van der Waals surface area contributed by atoms with Gasteiger partial charge in [-0.15, -0.1) is 0 Å². The van der Waals surface area contributed by atoms with Crippen molar-refractivity contribution in [1.82, 2.24) is 4.31 Å². The van der Waals surface area contributed by atoms with E-state index in [9.17, 15) is 12.8 Å². The van der Waals surface area contributed by atoms with Crippen molar-refractivity contribution < 1.29 is 17.5 Å². The molecule has 0 N–H and O–H groups in total. The molecule has 0 spiro atoms. The molecule has 1 saturated heterocycles. The molecule has 0 saturated carbocycles. The molecular weight excluding hydrogens is 413 g/mol. The van der Waals surface area contributed by atoms with Crippen LogP contribution in [0.5, 0.6) is 5.75 Å². The van der Waals surface area contributed by atoms with Gasteiger partial charge in [0, 0.05) is 19.0 Å². The SMILES string of the molecule is COc1ccccc1[C@H]1CN(S(=O)(=O)c2ccc(C)cc2)CC[C@H]1c1ccc(F)cc1. The van der Waals surface area contributed by atoms with Gasteiger partial charge in [-0.3, -0.25) is 0 Å². The number of halogens is 1. The molecule has 2 atom stereocenters. The Morgan fingerprint density at radius 3 is 2.29 bits per heavy atom. The monoisotopic (exact) mass is 439 g/mol. The van der Waals surface area contributed by atoms with Crippen molar-refractivity contribution >= 4 is 10.0 Å². The summed E-state index contributed by atoms with van der Waals surface area (Å²) in [6, 6.07) is 21.2. The van der Waals surface area contributed by atoms with Crippen molar-refractivity contribution in [3.05, 3.63) is 95.3 Å². The number of piperidine rings is 1. The molecule has 162 valence electrons. The van der Waals surface area contributed by atoms with Gasteiger partial charge in [-0.1, -0.05) is 48.0 Å². The van der Waals surface area contributed by atoms with E-state index in [1.807, 2.05) is 43.3 Å². The molecule has 4 rings (SSSR count). The molecule has 31 heavy (non-hydrogen) atoms. The lowest BCUT2D eigenvalue weighted by molar-refractivity contribution is 0.280. The highest BCUT2D eigenvalue weighted by atomic mass is 32.2. The van der Waals surface area contributed by atoms with Gasteiger partial charge in [-0.2, -0.15) is 4.31 Å². The average Bonchev–Trinajstić information content (AvgIpc) is 2.79. The van der Waals surface area contributed by atoms with Gasteiger partial charge in [0.25, 0.3) is 0 Å². The van der Waals surface area contributed by atoms with E-state index in [2.05, 4.69) is 0 Å². The highest BCUT2D eigenvalue weighted by molar-refractivity contribution is 7.89. The fraction of sp³-hybridized carbons (Fsp3) is 0.280. The molecule has 3 aromatic rings. The average molecular weight is 440 g/mol. The first kappa shape index (κ1) is 21.5. The van der Waals surface area contributed by atoms with Crippen molar-refractivity contribution in [2.24, 2.45) is 0 Å². The van der Waals surface area contributed by atoms with Crippen LogP contribution in [-0.4, -0.2) is 32.9 Å². The third-order valence-electron chi connectivity index (χ3n) is 6.07. The van der Waals surface area contributed by atoms with Gasteiger partial charge in [0.15, 0.2) is 0 Å². The Kier molecular flexibility index (Phi) is 6.12. The van der Waals surface area contributed by atoms with E-state index in [4.69, 9.17) is 4.74 Å². The lowest BCUT2D eigenvalue weighted by Crippen LogP contribution is -2.42. The third-order valence-corrected chi connectivity index (χ3v) is 7.95. The Labute approximate surface area is 183 Å². The van der Waals surface area contributed by atoms with Gasteiger partial charge in [-0.05, 0) is 60.7 Å². The first-order valence-electron chi connectivity index (χ1n) is 10.4. The van der Waals surface area contributed by atoms with Crippen LogP contribution < -0.4 is 4.74 Å². The summed E-state index contributed by atoms with van der Waals surface area (Å²) in [5.74, 6) is 0.392. The fourth-order valence-corrected chi connectivity index (χ4v) is 5.88. The summed E-state index contributed by atoms with van der Waals surface area (Å²) < 4.78 is 47.4. The molecule has 0 aromatic heterocycles. The van der Waals surface area contributed by atoms with Crippen molar-refractivity contribution in [2.45, 2.75) is 30.1 Å². The molecule has 0 amide bonds. The highest BCUT2D eigenvalue weighted by Gasteiger charge is 2.38. The first-order chi connectivity index (χ1) is 14.9. The van der Waals surface area contributed by atoms with E-state index in [1.165, 1.54) is 12.1 Å². The zero-order chi connectivity index (χ0) is 22.0. The molecule has 0 aliphatic carbocycles. The summed E-state index contributed by atoms with van der Waals surface area (Å²) in [7, 11) is -2.00. The normalized spacial score (nSPS) is 19.8. The number of hydrogen-bond acceptors (Lipinski definition) is 3.